The summed E-state index contributed by atoms with van der Waals surface area (Å²) in [5.74, 6) is 0.572. The number of aliphatic imine (C=N–C) groups is 1. The van der Waals surface area contributed by atoms with Gasteiger partial charge in [0.2, 0.25) is 0 Å². The second-order valence-corrected chi connectivity index (χ2v) is 6.52. The lowest BCUT2D eigenvalue weighted by Gasteiger charge is -2.16. The maximum atomic E-state index is 12.5. The van der Waals surface area contributed by atoms with Gasteiger partial charge >= 0.3 is 0 Å². The standard InChI is InChI=1S/C13H14N4O2S.C2H6/c1-10-3-5-11(6-4-10)20(18,19)17-9-12-13(15-17)16(2)8-7-14-12;1-2/h3-7,9H,8H2,1-2H3;1-2H3. The van der Waals surface area contributed by atoms with Crippen LogP contribution in [0.25, 0.3) is 0 Å². The molecule has 0 aliphatic carbocycles. The molecule has 0 radical (unpaired) electrons. The van der Waals surface area contributed by atoms with Gasteiger partial charge in [-0.3, -0.25) is 4.99 Å². The molecular weight excluding hydrogens is 300 g/mol. The van der Waals surface area contributed by atoms with E-state index in [9.17, 15) is 8.42 Å². The molecule has 6 nitrogen and oxygen atoms in total. The summed E-state index contributed by atoms with van der Waals surface area (Å²) in [5, 5.41) is 4.14. The molecule has 2 heterocycles. The lowest BCUT2D eigenvalue weighted by molar-refractivity contribution is 0.580. The Labute approximate surface area is 131 Å². The van der Waals surface area contributed by atoms with E-state index >= 15 is 0 Å². The predicted molar refractivity (Wildman–Crippen MR) is 88.8 cm³/mol. The molecule has 0 atom stereocenters. The Morgan fingerprint density at radius 3 is 2.36 bits per heavy atom. The van der Waals surface area contributed by atoms with Gasteiger partial charge < -0.3 is 4.90 Å². The Morgan fingerprint density at radius 2 is 1.77 bits per heavy atom. The van der Waals surface area contributed by atoms with Crippen LogP contribution >= 0.6 is 0 Å². The SMILES string of the molecule is CC.Cc1ccc(S(=O)(=O)n2cc3c(n2)N(C)CC=N3)cc1. The van der Waals surface area contributed by atoms with E-state index in [1.54, 1.807) is 30.5 Å². The van der Waals surface area contributed by atoms with Gasteiger partial charge in [-0.2, -0.15) is 12.5 Å². The fourth-order valence-electron chi connectivity index (χ4n) is 1.99. The summed E-state index contributed by atoms with van der Waals surface area (Å²) in [4.78, 5) is 6.24. The number of rotatable bonds is 2. The monoisotopic (exact) mass is 320 g/mol. The largest absolute Gasteiger partial charge is 0.351 e. The zero-order valence-electron chi connectivity index (χ0n) is 13.2. The van der Waals surface area contributed by atoms with Gasteiger partial charge in [0.05, 0.1) is 17.6 Å². The summed E-state index contributed by atoms with van der Waals surface area (Å²) in [7, 11) is -1.82. The molecule has 118 valence electrons. The molecule has 0 spiro atoms. The Hall–Kier alpha value is -2.15. The van der Waals surface area contributed by atoms with Crippen molar-refractivity contribution in [3.8, 4) is 0 Å². The minimum atomic E-state index is -3.67. The number of benzene rings is 1. The van der Waals surface area contributed by atoms with Gasteiger partial charge in [0.1, 0.15) is 5.69 Å². The number of anilines is 1. The molecule has 0 saturated carbocycles. The molecule has 2 aromatic rings. The summed E-state index contributed by atoms with van der Waals surface area (Å²) < 4.78 is 26.0. The van der Waals surface area contributed by atoms with E-state index in [1.807, 2.05) is 32.7 Å². The molecule has 1 aromatic heterocycles. The highest BCUT2D eigenvalue weighted by atomic mass is 32.2. The summed E-state index contributed by atoms with van der Waals surface area (Å²) in [6.07, 6.45) is 3.17. The third kappa shape index (κ3) is 2.89. The number of aromatic nitrogens is 2. The van der Waals surface area contributed by atoms with Crippen LogP contribution in [0.3, 0.4) is 0 Å². The van der Waals surface area contributed by atoms with E-state index in [0.29, 0.717) is 18.1 Å². The second-order valence-electron chi connectivity index (χ2n) is 4.72. The molecule has 7 heteroatoms. The Balaban J connectivity index is 0.000000847. The predicted octanol–water partition coefficient (Wildman–Crippen LogP) is 2.61. The first kappa shape index (κ1) is 16.2. The Bertz CT molecular complexity index is 776. The zero-order chi connectivity index (χ0) is 16.3. The maximum Gasteiger partial charge on any atom is 0.283 e. The Kier molecular flexibility index (Phi) is 4.65. The van der Waals surface area contributed by atoms with Crippen LogP contribution in [-0.2, 0) is 10.0 Å². The van der Waals surface area contributed by atoms with E-state index in [1.165, 1.54) is 6.20 Å². The van der Waals surface area contributed by atoms with Crippen molar-refractivity contribution in [3.63, 3.8) is 0 Å². The van der Waals surface area contributed by atoms with Crippen molar-refractivity contribution < 1.29 is 8.42 Å². The lowest BCUT2D eigenvalue weighted by Crippen LogP contribution is -2.23. The number of fused-ring (bicyclic) bond motifs is 1. The molecule has 0 N–H and O–H groups in total. The molecule has 1 aliphatic rings. The van der Waals surface area contributed by atoms with Gasteiger partial charge in [-0.05, 0) is 19.1 Å². The third-order valence-electron chi connectivity index (χ3n) is 3.17. The maximum absolute atomic E-state index is 12.5. The van der Waals surface area contributed by atoms with Crippen molar-refractivity contribution in [2.75, 3.05) is 18.5 Å². The minimum Gasteiger partial charge on any atom is -0.351 e. The van der Waals surface area contributed by atoms with Crippen molar-refractivity contribution in [3.05, 3.63) is 36.0 Å². The third-order valence-corrected chi connectivity index (χ3v) is 4.72. The van der Waals surface area contributed by atoms with E-state index in [-0.39, 0.29) is 4.90 Å². The molecular formula is C15H20N4O2S. The highest BCUT2D eigenvalue weighted by molar-refractivity contribution is 7.89. The number of hydrogen-bond donors (Lipinski definition) is 0. The van der Waals surface area contributed by atoms with Crippen molar-refractivity contribution in [2.24, 2.45) is 4.99 Å². The van der Waals surface area contributed by atoms with Crippen LogP contribution in [0.2, 0.25) is 0 Å². The second kappa shape index (κ2) is 6.31. The number of nitrogens with zero attached hydrogens (tertiary/aromatic N) is 4. The van der Waals surface area contributed by atoms with Gasteiger partial charge in [-0.25, -0.2) is 0 Å². The van der Waals surface area contributed by atoms with Crippen LogP contribution < -0.4 is 4.90 Å². The van der Waals surface area contributed by atoms with Crippen LogP contribution in [0.4, 0.5) is 11.5 Å². The van der Waals surface area contributed by atoms with Gasteiger partial charge in [0, 0.05) is 13.3 Å². The van der Waals surface area contributed by atoms with Gasteiger partial charge in [0.15, 0.2) is 5.82 Å². The number of hydrogen-bond acceptors (Lipinski definition) is 5. The molecule has 22 heavy (non-hydrogen) atoms. The van der Waals surface area contributed by atoms with Crippen molar-refractivity contribution in [2.45, 2.75) is 25.7 Å². The normalized spacial score (nSPS) is 13.4. The molecule has 1 aliphatic heterocycles. The average molecular weight is 320 g/mol. The van der Waals surface area contributed by atoms with Crippen LogP contribution in [0.5, 0.6) is 0 Å². The highest BCUT2D eigenvalue weighted by Crippen LogP contribution is 2.29. The van der Waals surface area contributed by atoms with Crippen molar-refractivity contribution >= 4 is 27.7 Å². The van der Waals surface area contributed by atoms with Crippen LogP contribution in [-0.4, -0.2) is 37.4 Å². The van der Waals surface area contributed by atoms with Crippen molar-refractivity contribution in [1.82, 2.24) is 9.19 Å². The molecule has 3 rings (SSSR count). The zero-order valence-corrected chi connectivity index (χ0v) is 14.0. The molecule has 0 unspecified atom stereocenters. The van der Waals surface area contributed by atoms with E-state index in [0.717, 1.165) is 9.65 Å². The van der Waals surface area contributed by atoms with Crippen LogP contribution in [0.1, 0.15) is 19.4 Å². The first-order valence-electron chi connectivity index (χ1n) is 7.14. The van der Waals surface area contributed by atoms with Gasteiger partial charge in [0.25, 0.3) is 10.0 Å². The molecule has 0 fully saturated rings. The van der Waals surface area contributed by atoms with Crippen LogP contribution in [0.15, 0.2) is 40.4 Å². The fourth-order valence-corrected chi connectivity index (χ4v) is 3.11. The van der Waals surface area contributed by atoms with Crippen LogP contribution in [0, 0.1) is 6.92 Å². The van der Waals surface area contributed by atoms with E-state index < -0.39 is 10.0 Å². The molecule has 0 bridgehead atoms. The highest BCUT2D eigenvalue weighted by Gasteiger charge is 2.23. The fraction of sp³-hybridized carbons (Fsp3) is 0.333. The first-order valence-corrected chi connectivity index (χ1v) is 8.58. The van der Waals surface area contributed by atoms with Crippen molar-refractivity contribution in [1.29, 1.82) is 0 Å². The quantitative estimate of drug-likeness (QED) is 0.853. The Morgan fingerprint density at radius 1 is 1.14 bits per heavy atom. The minimum absolute atomic E-state index is 0.217. The smallest absolute Gasteiger partial charge is 0.283 e. The first-order chi connectivity index (χ1) is 10.5. The summed E-state index contributed by atoms with van der Waals surface area (Å²) in [5.41, 5.74) is 1.57. The summed E-state index contributed by atoms with van der Waals surface area (Å²) in [6, 6.07) is 6.69. The average Bonchev–Trinajstić information content (AvgIpc) is 2.96. The summed E-state index contributed by atoms with van der Waals surface area (Å²) in [6.45, 7) is 6.53. The lowest BCUT2D eigenvalue weighted by atomic mass is 10.2. The van der Waals surface area contributed by atoms with Gasteiger partial charge in [-0.15, -0.1) is 5.10 Å². The summed E-state index contributed by atoms with van der Waals surface area (Å²) >= 11 is 0. The van der Waals surface area contributed by atoms with Gasteiger partial charge in [-0.1, -0.05) is 31.5 Å². The topological polar surface area (TPSA) is 67.6 Å². The molecule has 0 amide bonds. The van der Waals surface area contributed by atoms with E-state index in [2.05, 4.69) is 10.1 Å². The number of aryl methyl sites for hydroxylation is 1. The van der Waals surface area contributed by atoms with E-state index in [4.69, 9.17) is 0 Å². The molecule has 1 aromatic carbocycles. The molecule has 0 saturated heterocycles.